The van der Waals surface area contributed by atoms with Crippen LogP contribution in [0.15, 0.2) is 71.8 Å². The van der Waals surface area contributed by atoms with Crippen molar-refractivity contribution in [3.63, 3.8) is 0 Å². The molecule has 246 valence electrons. The topological polar surface area (TPSA) is 96.8 Å². The van der Waals surface area contributed by atoms with Crippen LogP contribution in [0.2, 0.25) is 0 Å². The number of amides is 2. The molecule has 0 saturated carbocycles. The number of carbonyl (C=O) groups excluding carboxylic acids is 2. The van der Waals surface area contributed by atoms with Gasteiger partial charge in [0.05, 0.1) is 18.0 Å². The minimum atomic E-state index is -1.14. The zero-order chi connectivity index (χ0) is 31.4. The third-order valence-corrected chi connectivity index (χ3v) is 8.25. The molecule has 0 atom stereocenters. The Balaban J connectivity index is 0.00000288. The maximum atomic E-state index is 13.1. The van der Waals surface area contributed by atoms with Gasteiger partial charge < -0.3 is 24.4 Å². The molecule has 0 radical (unpaired) electrons. The van der Waals surface area contributed by atoms with Gasteiger partial charge in [-0.2, -0.15) is 0 Å². The summed E-state index contributed by atoms with van der Waals surface area (Å²) in [4.78, 5) is 46.8. The van der Waals surface area contributed by atoms with Crippen LogP contribution in [0.25, 0.3) is 10.8 Å². The van der Waals surface area contributed by atoms with Crippen molar-refractivity contribution in [1.29, 1.82) is 0 Å². The number of hydrogen-bond donors (Lipinski definition) is 1. The molecule has 2 amide bonds. The predicted octanol–water partition coefficient (Wildman–Crippen LogP) is 5.71. The molecule has 2 aromatic carbocycles. The number of halogens is 2. The van der Waals surface area contributed by atoms with Gasteiger partial charge in [0.1, 0.15) is 11.2 Å². The van der Waals surface area contributed by atoms with Crippen molar-refractivity contribution in [3.05, 3.63) is 94.2 Å². The Morgan fingerprint density at radius 1 is 0.935 bits per heavy atom. The van der Waals surface area contributed by atoms with Gasteiger partial charge in [0.2, 0.25) is 11.8 Å². The molecule has 1 aliphatic rings. The third kappa shape index (κ3) is 7.71. The number of carbonyl (C=O) groups is 2. The summed E-state index contributed by atoms with van der Waals surface area (Å²) in [6.45, 7) is 10.3. The van der Waals surface area contributed by atoms with Crippen LogP contribution in [0.1, 0.15) is 44.0 Å². The quantitative estimate of drug-likeness (QED) is 0.163. The van der Waals surface area contributed by atoms with E-state index in [2.05, 4.69) is 16.4 Å². The molecule has 0 fully saturated rings. The summed E-state index contributed by atoms with van der Waals surface area (Å²) < 4.78 is 7.77. The van der Waals surface area contributed by atoms with E-state index in [0.717, 1.165) is 40.6 Å². The fourth-order valence-corrected chi connectivity index (χ4v) is 5.67. The normalized spacial score (nSPS) is 13.9. The zero-order valence-electron chi connectivity index (χ0n) is 27.0. The molecule has 3 heterocycles. The van der Waals surface area contributed by atoms with Crippen LogP contribution < -0.4 is 25.4 Å². The first-order valence-electron chi connectivity index (χ1n) is 15.2. The molecule has 11 heteroatoms. The van der Waals surface area contributed by atoms with Crippen molar-refractivity contribution < 1.29 is 14.3 Å². The van der Waals surface area contributed by atoms with Gasteiger partial charge in [0, 0.05) is 62.6 Å². The van der Waals surface area contributed by atoms with Crippen LogP contribution in [0.3, 0.4) is 0 Å². The van der Waals surface area contributed by atoms with Crippen molar-refractivity contribution >= 4 is 58.8 Å². The van der Waals surface area contributed by atoms with E-state index in [-0.39, 0.29) is 42.2 Å². The first-order valence-corrected chi connectivity index (χ1v) is 15.2. The van der Waals surface area contributed by atoms with E-state index in [9.17, 15) is 14.4 Å². The number of pyridine rings is 2. The summed E-state index contributed by atoms with van der Waals surface area (Å²) in [6.07, 6.45) is 5.14. The standard InChI is InChI=1S/C35H41N5O4.2ClH/c1-6-40-30-11-10-28(22-31(30)38(5)33(42)35(3,4)34(40)43)44-19-7-15-36-23-25-12-16-37-27(21-25)14-18-39-17-13-26-9-8-24(2)20-29(26)32(39)41;;/h8-13,16-17,20-22,36H,6-7,14-15,18-19,23H2,1-5H3;2*1H. The van der Waals surface area contributed by atoms with Gasteiger partial charge in [0.15, 0.2) is 0 Å². The molecule has 0 unspecified atom stereocenters. The number of hydrogen-bond acceptors (Lipinski definition) is 6. The zero-order valence-corrected chi connectivity index (χ0v) is 28.7. The van der Waals surface area contributed by atoms with Crippen molar-refractivity contribution in [3.8, 4) is 5.75 Å². The number of benzene rings is 2. The van der Waals surface area contributed by atoms with Crippen LogP contribution in [0, 0.1) is 12.3 Å². The second kappa shape index (κ2) is 15.6. The molecular weight excluding hydrogens is 625 g/mol. The molecule has 46 heavy (non-hydrogen) atoms. The Labute approximate surface area is 282 Å². The van der Waals surface area contributed by atoms with Crippen LogP contribution in [0.4, 0.5) is 11.4 Å². The number of fused-ring (bicyclic) bond motifs is 2. The minimum Gasteiger partial charge on any atom is -0.493 e. The number of anilines is 2. The van der Waals surface area contributed by atoms with E-state index in [0.29, 0.717) is 49.8 Å². The monoisotopic (exact) mass is 667 g/mol. The second-order valence-electron chi connectivity index (χ2n) is 11.9. The number of rotatable bonds is 11. The van der Waals surface area contributed by atoms with E-state index in [1.807, 2.05) is 74.8 Å². The summed E-state index contributed by atoms with van der Waals surface area (Å²) in [5.74, 6) is 0.219. The third-order valence-electron chi connectivity index (χ3n) is 8.25. The number of ether oxygens (including phenoxy) is 1. The van der Waals surface area contributed by atoms with Crippen LogP contribution in [-0.4, -0.2) is 48.1 Å². The van der Waals surface area contributed by atoms with Gasteiger partial charge in [-0.3, -0.25) is 19.4 Å². The minimum absolute atomic E-state index is 0. The highest BCUT2D eigenvalue weighted by molar-refractivity contribution is 6.20. The van der Waals surface area contributed by atoms with Crippen LogP contribution >= 0.6 is 24.8 Å². The van der Waals surface area contributed by atoms with Crippen LogP contribution in [-0.2, 0) is 29.1 Å². The Morgan fingerprint density at radius 2 is 1.72 bits per heavy atom. The SMILES string of the molecule is CCN1C(=O)C(C)(C)C(=O)N(C)c2cc(OCCCNCc3ccnc(CCn4ccc5ccc(C)cc5c4=O)c3)ccc21.Cl.Cl. The lowest BCUT2D eigenvalue weighted by atomic mass is 9.90. The summed E-state index contributed by atoms with van der Waals surface area (Å²) >= 11 is 0. The Hall–Kier alpha value is -3.92. The fourth-order valence-electron chi connectivity index (χ4n) is 5.67. The van der Waals surface area contributed by atoms with Gasteiger partial charge in [0.25, 0.3) is 5.56 Å². The average Bonchev–Trinajstić information content (AvgIpc) is 3.07. The molecule has 0 bridgehead atoms. The molecule has 4 aromatic rings. The van der Waals surface area contributed by atoms with Crippen molar-refractivity contribution in [2.24, 2.45) is 5.41 Å². The van der Waals surface area contributed by atoms with Gasteiger partial charge in [-0.05, 0) is 88.0 Å². The molecule has 1 aliphatic heterocycles. The maximum absolute atomic E-state index is 13.1. The largest absolute Gasteiger partial charge is 0.493 e. The van der Waals surface area contributed by atoms with E-state index < -0.39 is 5.41 Å². The second-order valence-corrected chi connectivity index (χ2v) is 11.9. The highest BCUT2D eigenvalue weighted by Gasteiger charge is 2.45. The van der Waals surface area contributed by atoms with Crippen LogP contribution in [0.5, 0.6) is 5.75 Å². The van der Waals surface area contributed by atoms with Gasteiger partial charge >= 0.3 is 0 Å². The number of nitrogens with zero attached hydrogens (tertiary/aromatic N) is 4. The summed E-state index contributed by atoms with van der Waals surface area (Å²) in [6, 6.07) is 17.6. The van der Waals surface area contributed by atoms with Gasteiger partial charge in [-0.15, -0.1) is 24.8 Å². The fraction of sp³-hybridized carbons (Fsp3) is 0.371. The number of nitrogens with one attached hydrogen (secondary N) is 1. The molecule has 5 rings (SSSR count). The smallest absolute Gasteiger partial charge is 0.258 e. The highest BCUT2D eigenvalue weighted by atomic mass is 35.5. The highest BCUT2D eigenvalue weighted by Crippen LogP contribution is 2.40. The first kappa shape index (κ1) is 36.5. The van der Waals surface area contributed by atoms with E-state index in [4.69, 9.17) is 4.74 Å². The lowest BCUT2D eigenvalue weighted by Crippen LogP contribution is -2.47. The summed E-state index contributed by atoms with van der Waals surface area (Å²) in [5.41, 5.74) is 3.42. The summed E-state index contributed by atoms with van der Waals surface area (Å²) in [7, 11) is 1.71. The van der Waals surface area contributed by atoms with E-state index in [1.165, 1.54) is 0 Å². The molecule has 0 aliphatic carbocycles. The maximum Gasteiger partial charge on any atom is 0.258 e. The number of aryl methyl sites for hydroxylation is 3. The molecule has 9 nitrogen and oxygen atoms in total. The molecule has 2 aromatic heterocycles. The average molecular weight is 669 g/mol. The van der Waals surface area contributed by atoms with Crippen molar-refractivity contribution in [2.45, 2.75) is 53.6 Å². The Kier molecular flexibility index (Phi) is 12.4. The molecular formula is C35H43Cl2N5O4. The predicted molar refractivity (Wildman–Crippen MR) is 189 cm³/mol. The van der Waals surface area contributed by atoms with Gasteiger partial charge in [-0.25, -0.2) is 0 Å². The lowest BCUT2D eigenvalue weighted by Gasteiger charge is -2.27. The van der Waals surface area contributed by atoms with Crippen molar-refractivity contribution in [1.82, 2.24) is 14.9 Å². The Morgan fingerprint density at radius 3 is 2.48 bits per heavy atom. The Bertz CT molecular complexity index is 1760. The van der Waals surface area contributed by atoms with Crippen molar-refractivity contribution in [2.75, 3.05) is 36.5 Å². The molecule has 0 spiro atoms. The molecule has 0 saturated heterocycles. The van der Waals surface area contributed by atoms with Gasteiger partial charge in [-0.1, -0.05) is 17.7 Å². The lowest BCUT2D eigenvalue weighted by molar-refractivity contribution is -0.137. The van der Waals surface area contributed by atoms with E-state index >= 15 is 0 Å². The summed E-state index contributed by atoms with van der Waals surface area (Å²) in [5, 5.41) is 5.17. The van der Waals surface area contributed by atoms with E-state index in [1.54, 1.807) is 35.3 Å². The first-order chi connectivity index (χ1) is 21.1. The molecule has 1 N–H and O–H groups in total. The number of aromatic nitrogens is 2.